The standard InChI is InChI=1S/C19H23N3O6/c1-21-10-8-14(19(21)13-3-2-9-20-11-13)12-27-17(25)6-7-18(26)28-22-15(23)4-5-16(22)24/h2-3,9,11,14,19H,4-8,10,12H2,1H3/t14-,19?/m1/s1. The van der Waals surface area contributed by atoms with Crippen LogP contribution in [0.1, 0.15) is 43.7 Å². The second-order valence-corrected chi connectivity index (χ2v) is 6.99. The Hall–Kier alpha value is -2.81. The Balaban J connectivity index is 1.43. The van der Waals surface area contributed by atoms with Gasteiger partial charge >= 0.3 is 11.9 Å². The summed E-state index contributed by atoms with van der Waals surface area (Å²) in [6.45, 7) is 1.15. The Morgan fingerprint density at radius 1 is 1.18 bits per heavy atom. The van der Waals surface area contributed by atoms with Crippen LogP contribution in [0.3, 0.4) is 0 Å². The Labute approximate surface area is 162 Å². The number of hydroxylamine groups is 2. The van der Waals surface area contributed by atoms with Crippen LogP contribution in [0.15, 0.2) is 24.5 Å². The molecule has 2 aliphatic heterocycles. The molecule has 0 aliphatic carbocycles. The van der Waals surface area contributed by atoms with E-state index in [0.717, 1.165) is 18.5 Å². The van der Waals surface area contributed by atoms with Crippen molar-refractivity contribution in [3.8, 4) is 0 Å². The van der Waals surface area contributed by atoms with E-state index >= 15 is 0 Å². The first kappa shape index (κ1) is 19.9. The number of carbonyl (C=O) groups excluding carboxylic acids is 4. The average Bonchev–Trinajstić information content (AvgIpc) is 3.22. The van der Waals surface area contributed by atoms with Crippen molar-refractivity contribution in [3.05, 3.63) is 30.1 Å². The average molecular weight is 389 g/mol. The fourth-order valence-corrected chi connectivity index (χ4v) is 3.56. The number of hydrogen-bond donors (Lipinski definition) is 0. The fourth-order valence-electron chi connectivity index (χ4n) is 3.56. The molecular weight excluding hydrogens is 366 g/mol. The molecule has 28 heavy (non-hydrogen) atoms. The highest BCUT2D eigenvalue weighted by atomic mass is 16.7. The minimum absolute atomic E-state index is 0.0299. The lowest BCUT2D eigenvalue weighted by molar-refractivity contribution is -0.197. The van der Waals surface area contributed by atoms with Gasteiger partial charge in [0.15, 0.2) is 0 Å². The smallest absolute Gasteiger partial charge is 0.333 e. The molecule has 0 aromatic carbocycles. The summed E-state index contributed by atoms with van der Waals surface area (Å²) in [5.41, 5.74) is 1.08. The Morgan fingerprint density at radius 2 is 1.89 bits per heavy atom. The van der Waals surface area contributed by atoms with E-state index in [2.05, 4.69) is 9.88 Å². The Kier molecular flexibility index (Phi) is 6.35. The lowest BCUT2D eigenvalue weighted by Gasteiger charge is -2.25. The van der Waals surface area contributed by atoms with Crippen molar-refractivity contribution in [2.45, 2.75) is 38.1 Å². The number of imide groups is 1. The highest BCUT2D eigenvalue weighted by Crippen LogP contribution is 2.35. The first-order valence-corrected chi connectivity index (χ1v) is 9.28. The first-order valence-electron chi connectivity index (χ1n) is 9.28. The topological polar surface area (TPSA) is 106 Å². The van der Waals surface area contributed by atoms with Crippen molar-refractivity contribution in [1.82, 2.24) is 14.9 Å². The van der Waals surface area contributed by atoms with Crippen LogP contribution in [-0.2, 0) is 28.8 Å². The lowest BCUT2D eigenvalue weighted by atomic mass is 9.96. The van der Waals surface area contributed by atoms with E-state index in [0.29, 0.717) is 5.06 Å². The van der Waals surface area contributed by atoms with Gasteiger partial charge in [0.2, 0.25) is 0 Å². The largest absolute Gasteiger partial charge is 0.465 e. The summed E-state index contributed by atoms with van der Waals surface area (Å²) in [4.78, 5) is 57.6. The second kappa shape index (κ2) is 8.92. The third kappa shape index (κ3) is 4.72. The summed E-state index contributed by atoms with van der Waals surface area (Å²) in [6, 6.07) is 4.01. The maximum absolute atomic E-state index is 12.0. The van der Waals surface area contributed by atoms with Gasteiger partial charge in [-0.25, -0.2) is 4.79 Å². The summed E-state index contributed by atoms with van der Waals surface area (Å²) in [5.74, 6) is -2.28. The molecule has 2 aliphatic rings. The molecule has 1 unspecified atom stereocenters. The van der Waals surface area contributed by atoms with E-state index < -0.39 is 23.8 Å². The highest BCUT2D eigenvalue weighted by molar-refractivity contribution is 6.01. The molecule has 0 spiro atoms. The zero-order chi connectivity index (χ0) is 20.1. The van der Waals surface area contributed by atoms with Crippen LogP contribution in [0.5, 0.6) is 0 Å². The van der Waals surface area contributed by atoms with Crippen LogP contribution in [0.25, 0.3) is 0 Å². The number of aromatic nitrogens is 1. The molecule has 9 nitrogen and oxygen atoms in total. The molecule has 2 atom stereocenters. The maximum atomic E-state index is 12.0. The number of rotatable bonds is 7. The highest BCUT2D eigenvalue weighted by Gasteiger charge is 2.34. The summed E-state index contributed by atoms with van der Waals surface area (Å²) in [6.07, 6.45) is 4.06. The Bertz CT molecular complexity index is 737. The Morgan fingerprint density at radius 3 is 2.57 bits per heavy atom. The molecule has 1 aromatic heterocycles. The van der Waals surface area contributed by atoms with E-state index in [4.69, 9.17) is 9.57 Å². The van der Waals surface area contributed by atoms with Gasteiger partial charge in [-0.05, 0) is 31.6 Å². The van der Waals surface area contributed by atoms with Gasteiger partial charge in [-0.1, -0.05) is 6.07 Å². The number of amides is 2. The minimum atomic E-state index is -0.811. The van der Waals surface area contributed by atoms with Gasteiger partial charge in [0.05, 0.1) is 19.4 Å². The first-order chi connectivity index (χ1) is 13.5. The van der Waals surface area contributed by atoms with Gasteiger partial charge in [0, 0.05) is 37.2 Å². The molecule has 150 valence electrons. The molecular formula is C19H23N3O6. The monoisotopic (exact) mass is 389 g/mol. The molecule has 9 heteroatoms. The van der Waals surface area contributed by atoms with E-state index in [1.54, 1.807) is 6.20 Å². The number of ether oxygens (including phenoxy) is 1. The summed E-state index contributed by atoms with van der Waals surface area (Å²) in [5, 5.41) is 0.473. The van der Waals surface area contributed by atoms with Gasteiger partial charge < -0.3 is 9.57 Å². The molecule has 2 fully saturated rings. The zero-order valence-electron chi connectivity index (χ0n) is 15.7. The lowest BCUT2D eigenvalue weighted by Crippen LogP contribution is -2.32. The van der Waals surface area contributed by atoms with Crippen LogP contribution in [0.2, 0.25) is 0 Å². The van der Waals surface area contributed by atoms with E-state index in [9.17, 15) is 19.2 Å². The van der Waals surface area contributed by atoms with Crippen molar-refractivity contribution in [3.63, 3.8) is 0 Å². The molecule has 2 amide bonds. The third-order valence-corrected chi connectivity index (χ3v) is 4.99. The molecule has 3 rings (SSSR count). The number of hydrogen-bond acceptors (Lipinski definition) is 8. The van der Waals surface area contributed by atoms with Gasteiger partial charge in [-0.15, -0.1) is 5.06 Å². The molecule has 1 aromatic rings. The van der Waals surface area contributed by atoms with Crippen LogP contribution >= 0.6 is 0 Å². The number of nitrogens with zero attached hydrogens (tertiary/aromatic N) is 3. The van der Waals surface area contributed by atoms with E-state index in [1.165, 1.54) is 0 Å². The van der Waals surface area contributed by atoms with Gasteiger partial charge in [0.25, 0.3) is 11.8 Å². The molecule has 0 radical (unpaired) electrons. The predicted molar refractivity (Wildman–Crippen MR) is 95.1 cm³/mol. The summed E-state index contributed by atoms with van der Waals surface area (Å²) in [7, 11) is 2.02. The van der Waals surface area contributed by atoms with Crippen LogP contribution < -0.4 is 0 Å². The molecule has 3 heterocycles. The van der Waals surface area contributed by atoms with Crippen LogP contribution in [-0.4, -0.2) is 58.9 Å². The fraction of sp³-hybridized carbons (Fsp3) is 0.526. The van der Waals surface area contributed by atoms with Gasteiger partial charge in [-0.3, -0.25) is 24.3 Å². The van der Waals surface area contributed by atoms with Crippen molar-refractivity contribution >= 4 is 23.8 Å². The zero-order valence-corrected chi connectivity index (χ0v) is 15.7. The van der Waals surface area contributed by atoms with Crippen molar-refractivity contribution in [1.29, 1.82) is 0 Å². The van der Waals surface area contributed by atoms with Crippen LogP contribution in [0, 0.1) is 5.92 Å². The SMILES string of the molecule is CN1CC[C@H](COC(=O)CCC(=O)ON2C(=O)CCC2=O)C1c1cccnc1. The minimum Gasteiger partial charge on any atom is -0.465 e. The summed E-state index contributed by atoms with van der Waals surface area (Å²) >= 11 is 0. The maximum Gasteiger partial charge on any atom is 0.333 e. The summed E-state index contributed by atoms with van der Waals surface area (Å²) < 4.78 is 5.35. The van der Waals surface area contributed by atoms with Crippen molar-refractivity contribution in [2.24, 2.45) is 5.92 Å². The quantitative estimate of drug-likeness (QED) is 0.502. The second-order valence-electron chi connectivity index (χ2n) is 6.99. The van der Waals surface area contributed by atoms with Crippen molar-refractivity contribution < 1.29 is 28.8 Å². The number of carbonyl (C=O) groups is 4. The van der Waals surface area contributed by atoms with E-state index in [-0.39, 0.29) is 44.2 Å². The predicted octanol–water partition coefficient (Wildman–Crippen LogP) is 1.00. The molecule has 0 N–H and O–H groups in total. The van der Waals surface area contributed by atoms with Gasteiger partial charge in [0.1, 0.15) is 0 Å². The third-order valence-electron chi connectivity index (χ3n) is 4.99. The molecule has 0 saturated carbocycles. The van der Waals surface area contributed by atoms with Crippen LogP contribution in [0.4, 0.5) is 0 Å². The number of esters is 1. The number of pyridine rings is 1. The van der Waals surface area contributed by atoms with Crippen molar-refractivity contribution in [2.75, 3.05) is 20.2 Å². The van der Waals surface area contributed by atoms with Gasteiger partial charge in [-0.2, -0.15) is 0 Å². The molecule has 2 saturated heterocycles. The van der Waals surface area contributed by atoms with E-state index in [1.807, 2.05) is 25.4 Å². The normalized spacial score (nSPS) is 22.5. The number of likely N-dealkylation sites (tertiary alicyclic amines) is 1. The molecule has 0 bridgehead atoms.